The van der Waals surface area contributed by atoms with Crippen molar-refractivity contribution in [2.75, 3.05) is 0 Å². The van der Waals surface area contributed by atoms with Crippen LogP contribution in [0.1, 0.15) is 24.2 Å². The summed E-state index contributed by atoms with van der Waals surface area (Å²) in [5, 5.41) is 2.66. The predicted octanol–water partition coefficient (Wildman–Crippen LogP) is 5.06. The zero-order valence-corrected chi connectivity index (χ0v) is 12.9. The molecule has 2 heteroatoms. The fraction of sp³-hybridized carbons (Fsp3) is 0.375. The molecule has 0 heterocycles. The molecule has 1 nitrogen and oxygen atoms in total. The summed E-state index contributed by atoms with van der Waals surface area (Å²) in [6, 6.07) is 13.0. The molecule has 2 aromatic carbocycles. The molecular formula is C16H22OSi. The van der Waals surface area contributed by atoms with Crippen molar-refractivity contribution in [3.05, 3.63) is 47.5 Å². The number of hydrogen-bond acceptors (Lipinski definition) is 1. The molecule has 0 aliphatic carbocycles. The van der Waals surface area contributed by atoms with Gasteiger partial charge in [-0.2, -0.15) is 0 Å². The Morgan fingerprint density at radius 3 is 2.17 bits per heavy atom. The Bertz CT molecular complexity index is 555. The molecule has 0 spiro atoms. The summed E-state index contributed by atoms with van der Waals surface area (Å²) in [5.74, 6) is 0. The second-order valence-electron chi connectivity index (χ2n) is 5.89. The fourth-order valence-corrected chi connectivity index (χ4v) is 3.61. The van der Waals surface area contributed by atoms with Crippen molar-refractivity contribution < 1.29 is 4.43 Å². The number of benzene rings is 2. The minimum atomic E-state index is -1.50. The van der Waals surface area contributed by atoms with E-state index in [0.29, 0.717) is 0 Å². The lowest BCUT2D eigenvalue weighted by molar-refractivity contribution is 0.221. The van der Waals surface area contributed by atoms with Crippen LogP contribution in [0.25, 0.3) is 10.8 Å². The first-order valence-electron chi connectivity index (χ1n) is 6.54. The van der Waals surface area contributed by atoms with E-state index in [0.717, 1.165) is 0 Å². The molecule has 0 radical (unpaired) electrons. The van der Waals surface area contributed by atoms with E-state index in [-0.39, 0.29) is 6.10 Å². The highest BCUT2D eigenvalue weighted by atomic mass is 28.4. The van der Waals surface area contributed by atoms with Crippen LogP contribution in [0.2, 0.25) is 19.6 Å². The van der Waals surface area contributed by atoms with E-state index in [2.05, 4.69) is 69.9 Å². The summed E-state index contributed by atoms with van der Waals surface area (Å²) in [6.07, 6.45) is 0.169. The Hall–Kier alpha value is -1.12. The van der Waals surface area contributed by atoms with Gasteiger partial charge in [0.25, 0.3) is 0 Å². The summed E-state index contributed by atoms with van der Waals surface area (Å²) >= 11 is 0. The van der Waals surface area contributed by atoms with Gasteiger partial charge in [-0.1, -0.05) is 36.4 Å². The maximum Gasteiger partial charge on any atom is 0.184 e. The smallest absolute Gasteiger partial charge is 0.184 e. The van der Waals surface area contributed by atoms with Gasteiger partial charge in [-0.05, 0) is 55.4 Å². The molecule has 0 aliphatic heterocycles. The molecule has 2 rings (SSSR count). The van der Waals surface area contributed by atoms with Crippen molar-refractivity contribution in [3.63, 3.8) is 0 Å². The lowest BCUT2D eigenvalue weighted by Gasteiger charge is -2.25. The molecule has 0 fully saturated rings. The fourth-order valence-electron chi connectivity index (χ4n) is 2.42. The van der Waals surface area contributed by atoms with E-state index in [1.165, 1.54) is 21.9 Å². The third-order valence-corrected chi connectivity index (χ3v) is 4.20. The van der Waals surface area contributed by atoms with E-state index in [4.69, 9.17) is 4.43 Å². The zero-order chi connectivity index (χ0) is 13.3. The third-order valence-electron chi connectivity index (χ3n) is 3.14. The average Bonchev–Trinajstić information content (AvgIpc) is 2.27. The van der Waals surface area contributed by atoms with Gasteiger partial charge in [-0.15, -0.1) is 0 Å². The minimum absolute atomic E-state index is 0.169. The van der Waals surface area contributed by atoms with Crippen LogP contribution < -0.4 is 0 Å². The third kappa shape index (κ3) is 2.82. The first-order valence-corrected chi connectivity index (χ1v) is 9.95. The van der Waals surface area contributed by atoms with Gasteiger partial charge in [0.15, 0.2) is 8.32 Å². The quantitative estimate of drug-likeness (QED) is 0.699. The molecule has 0 N–H and O–H groups in total. The van der Waals surface area contributed by atoms with E-state index in [9.17, 15) is 0 Å². The van der Waals surface area contributed by atoms with E-state index in [1.807, 2.05) is 0 Å². The van der Waals surface area contributed by atoms with E-state index >= 15 is 0 Å². The number of fused-ring (bicyclic) bond motifs is 1. The molecule has 0 aliphatic rings. The largest absolute Gasteiger partial charge is 0.411 e. The standard InChI is InChI=1S/C16H22OSi/c1-12-10-11-15(13(2)17-18(3,4)5)16-9-7-6-8-14(12)16/h6-11,13H,1-5H3/t13-/m1/s1. The van der Waals surface area contributed by atoms with Crippen molar-refractivity contribution >= 4 is 19.1 Å². The van der Waals surface area contributed by atoms with Crippen LogP contribution in [-0.2, 0) is 4.43 Å². The molecular weight excluding hydrogens is 236 g/mol. The van der Waals surface area contributed by atoms with Crippen LogP contribution in [0.15, 0.2) is 36.4 Å². The van der Waals surface area contributed by atoms with Gasteiger partial charge >= 0.3 is 0 Å². The molecule has 0 saturated carbocycles. The summed E-state index contributed by atoms with van der Waals surface area (Å²) < 4.78 is 6.21. The van der Waals surface area contributed by atoms with Crippen molar-refractivity contribution in [2.24, 2.45) is 0 Å². The van der Waals surface area contributed by atoms with Gasteiger partial charge in [0.2, 0.25) is 0 Å². The molecule has 0 amide bonds. The molecule has 0 aromatic heterocycles. The van der Waals surface area contributed by atoms with Crippen molar-refractivity contribution in [1.82, 2.24) is 0 Å². The number of rotatable bonds is 3. The monoisotopic (exact) mass is 258 g/mol. The molecule has 0 saturated heterocycles. The van der Waals surface area contributed by atoms with Crippen molar-refractivity contribution in [2.45, 2.75) is 39.6 Å². The summed E-state index contributed by atoms with van der Waals surface area (Å²) in [5.41, 5.74) is 2.63. The average molecular weight is 258 g/mol. The van der Waals surface area contributed by atoms with Crippen LogP contribution >= 0.6 is 0 Å². The lowest BCUT2D eigenvalue weighted by Crippen LogP contribution is -2.27. The van der Waals surface area contributed by atoms with E-state index < -0.39 is 8.32 Å². The second kappa shape index (κ2) is 4.86. The molecule has 2 aromatic rings. The van der Waals surface area contributed by atoms with Gasteiger partial charge in [0, 0.05) is 0 Å². The highest BCUT2D eigenvalue weighted by Crippen LogP contribution is 2.30. The zero-order valence-electron chi connectivity index (χ0n) is 11.9. The van der Waals surface area contributed by atoms with Crippen LogP contribution in [-0.4, -0.2) is 8.32 Å². The van der Waals surface area contributed by atoms with Crippen molar-refractivity contribution in [3.8, 4) is 0 Å². The normalized spacial score (nSPS) is 13.8. The summed E-state index contributed by atoms with van der Waals surface area (Å²) in [7, 11) is -1.50. The van der Waals surface area contributed by atoms with Gasteiger partial charge in [-0.25, -0.2) is 0 Å². The first-order chi connectivity index (χ1) is 8.38. The molecule has 18 heavy (non-hydrogen) atoms. The topological polar surface area (TPSA) is 9.23 Å². The predicted molar refractivity (Wildman–Crippen MR) is 81.5 cm³/mol. The summed E-state index contributed by atoms with van der Waals surface area (Å²) in [4.78, 5) is 0. The Labute approximate surface area is 111 Å². The van der Waals surface area contributed by atoms with Crippen LogP contribution in [0.3, 0.4) is 0 Å². The van der Waals surface area contributed by atoms with Crippen LogP contribution in [0.4, 0.5) is 0 Å². The Morgan fingerprint density at radius 2 is 1.56 bits per heavy atom. The van der Waals surface area contributed by atoms with Gasteiger partial charge in [-0.3, -0.25) is 0 Å². The molecule has 1 atom stereocenters. The molecule has 0 unspecified atom stereocenters. The Kier molecular flexibility index (Phi) is 3.60. The van der Waals surface area contributed by atoms with Crippen LogP contribution in [0.5, 0.6) is 0 Å². The maximum absolute atomic E-state index is 6.21. The SMILES string of the molecule is Cc1ccc([C@@H](C)O[Si](C)(C)C)c2ccccc12. The maximum atomic E-state index is 6.21. The second-order valence-corrected chi connectivity index (χ2v) is 10.4. The minimum Gasteiger partial charge on any atom is -0.411 e. The lowest BCUT2D eigenvalue weighted by atomic mass is 9.98. The number of aryl methyl sites for hydroxylation is 1. The Morgan fingerprint density at radius 1 is 0.944 bits per heavy atom. The Balaban J connectivity index is 2.49. The first kappa shape index (κ1) is 13.3. The van der Waals surface area contributed by atoms with Gasteiger partial charge in [0.05, 0.1) is 6.10 Å². The van der Waals surface area contributed by atoms with Gasteiger partial charge < -0.3 is 4.43 Å². The highest BCUT2D eigenvalue weighted by Gasteiger charge is 2.20. The molecule has 96 valence electrons. The van der Waals surface area contributed by atoms with Crippen molar-refractivity contribution in [1.29, 1.82) is 0 Å². The molecule has 0 bridgehead atoms. The number of hydrogen-bond donors (Lipinski definition) is 0. The summed E-state index contributed by atoms with van der Waals surface area (Å²) in [6.45, 7) is 11.0. The van der Waals surface area contributed by atoms with Crippen LogP contribution in [0, 0.1) is 6.92 Å². The van der Waals surface area contributed by atoms with Gasteiger partial charge in [0.1, 0.15) is 0 Å². The van der Waals surface area contributed by atoms with E-state index in [1.54, 1.807) is 0 Å². The highest BCUT2D eigenvalue weighted by molar-refractivity contribution is 6.69.